The first-order valence-electron chi connectivity index (χ1n) is 8.69. The van der Waals surface area contributed by atoms with E-state index in [9.17, 15) is 9.59 Å². The van der Waals surface area contributed by atoms with Gasteiger partial charge in [-0.05, 0) is 37.1 Å². The first-order valence-corrected chi connectivity index (χ1v) is 9.67. The molecule has 136 valence electrons. The summed E-state index contributed by atoms with van der Waals surface area (Å²) in [5.41, 5.74) is 0.986. The SMILES string of the molecule is O=C(CSc1ccccc1)Nc1ccccc1C(=O)NC[C@H]1CCCO1. The molecule has 2 N–H and O–H groups in total. The molecule has 0 saturated carbocycles. The Hall–Kier alpha value is -2.31. The number of benzene rings is 2. The lowest BCUT2D eigenvalue weighted by atomic mass is 10.1. The van der Waals surface area contributed by atoms with Crippen molar-refractivity contribution in [3.63, 3.8) is 0 Å². The Morgan fingerprint density at radius 1 is 1.08 bits per heavy atom. The number of carbonyl (C=O) groups excluding carboxylic acids is 2. The molecule has 6 heteroatoms. The number of para-hydroxylation sites is 1. The van der Waals surface area contributed by atoms with E-state index >= 15 is 0 Å². The molecule has 1 heterocycles. The van der Waals surface area contributed by atoms with Crippen LogP contribution in [0, 0.1) is 0 Å². The zero-order valence-electron chi connectivity index (χ0n) is 14.4. The predicted octanol–water partition coefficient (Wildman–Crippen LogP) is 3.33. The summed E-state index contributed by atoms with van der Waals surface area (Å²) in [6, 6.07) is 16.8. The van der Waals surface area contributed by atoms with Crippen molar-refractivity contribution in [3.05, 3.63) is 60.2 Å². The van der Waals surface area contributed by atoms with Crippen molar-refractivity contribution in [3.8, 4) is 0 Å². The van der Waals surface area contributed by atoms with Gasteiger partial charge in [-0.25, -0.2) is 0 Å². The molecule has 0 unspecified atom stereocenters. The summed E-state index contributed by atoms with van der Waals surface area (Å²) in [7, 11) is 0. The summed E-state index contributed by atoms with van der Waals surface area (Å²) in [6.45, 7) is 1.25. The summed E-state index contributed by atoms with van der Waals surface area (Å²) < 4.78 is 5.52. The molecule has 5 nitrogen and oxygen atoms in total. The van der Waals surface area contributed by atoms with Crippen LogP contribution in [0.15, 0.2) is 59.5 Å². The van der Waals surface area contributed by atoms with Gasteiger partial charge in [0.15, 0.2) is 0 Å². The zero-order valence-corrected chi connectivity index (χ0v) is 15.3. The van der Waals surface area contributed by atoms with E-state index in [0.29, 0.717) is 17.8 Å². The molecule has 2 aromatic rings. The third-order valence-corrected chi connectivity index (χ3v) is 5.09. The van der Waals surface area contributed by atoms with Gasteiger partial charge in [0, 0.05) is 18.0 Å². The maximum absolute atomic E-state index is 12.5. The van der Waals surface area contributed by atoms with Crippen LogP contribution in [0.4, 0.5) is 5.69 Å². The van der Waals surface area contributed by atoms with E-state index in [1.54, 1.807) is 24.3 Å². The minimum absolute atomic E-state index is 0.0861. The number of carbonyl (C=O) groups is 2. The molecule has 1 aliphatic rings. The second-order valence-electron chi connectivity index (χ2n) is 6.04. The molecule has 0 radical (unpaired) electrons. The van der Waals surface area contributed by atoms with E-state index < -0.39 is 0 Å². The van der Waals surface area contributed by atoms with E-state index in [-0.39, 0.29) is 23.7 Å². The van der Waals surface area contributed by atoms with Crippen LogP contribution < -0.4 is 10.6 Å². The number of hydrogen-bond acceptors (Lipinski definition) is 4. The monoisotopic (exact) mass is 370 g/mol. The number of amides is 2. The first-order chi connectivity index (χ1) is 12.7. The molecule has 1 fully saturated rings. The molecular formula is C20H22N2O3S. The molecule has 3 rings (SSSR count). The van der Waals surface area contributed by atoms with Gasteiger partial charge in [0.1, 0.15) is 0 Å². The molecule has 0 bridgehead atoms. The summed E-state index contributed by atoms with van der Waals surface area (Å²) in [5.74, 6) is -0.0547. The van der Waals surface area contributed by atoms with E-state index in [2.05, 4.69) is 10.6 Å². The molecule has 2 aromatic carbocycles. The van der Waals surface area contributed by atoms with Crippen molar-refractivity contribution in [1.82, 2.24) is 5.32 Å². The second-order valence-corrected chi connectivity index (χ2v) is 7.09. The number of rotatable bonds is 7. The molecule has 0 spiro atoms. The largest absolute Gasteiger partial charge is 0.376 e. The number of thioether (sulfide) groups is 1. The van der Waals surface area contributed by atoms with Crippen LogP contribution in [0.25, 0.3) is 0 Å². The van der Waals surface area contributed by atoms with E-state index in [1.807, 2.05) is 30.3 Å². The molecule has 1 saturated heterocycles. The Morgan fingerprint density at radius 3 is 2.62 bits per heavy atom. The topological polar surface area (TPSA) is 67.4 Å². The highest BCUT2D eigenvalue weighted by molar-refractivity contribution is 8.00. The Labute approximate surface area is 157 Å². The fourth-order valence-corrected chi connectivity index (χ4v) is 3.47. The highest BCUT2D eigenvalue weighted by Crippen LogP contribution is 2.19. The van der Waals surface area contributed by atoms with Crippen LogP contribution in [0.5, 0.6) is 0 Å². The average Bonchev–Trinajstić information content (AvgIpc) is 3.19. The smallest absolute Gasteiger partial charge is 0.253 e. The predicted molar refractivity (Wildman–Crippen MR) is 104 cm³/mol. The molecule has 1 atom stereocenters. The van der Waals surface area contributed by atoms with Crippen molar-refractivity contribution in [2.45, 2.75) is 23.8 Å². The van der Waals surface area contributed by atoms with Gasteiger partial charge in [0.25, 0.3) is 5.91 Å². The van der Waals surface area contributed by atoms with Gasteiger partial charge < -0.3 is 15.4 Å². The maximum atomic E-state index is 12.5. The van der Waals surface area contributed by atoms with E-state index in [1.165, 1.54) is 11.8 Å². The molecule has 1 aliphatic heterocycles. The normalized spacial score (nSPS) is 16.2. The van der Waals surface area contributed by atoms with Gasteiger partial charge in [-0.2, -0.15) is 0 Å². The highest BCUT2D eigenvalue weighted by Gasteiger charge is 2.18. The summed E-state index contributed by atoms with van der Waals surface area (Å²) in [4.78, 5) is 25.7. The first kappa shape index (κ1) is 18.5. The van der Waals surface area contributed by atoms with Crippen molar-refractivity contribution < 1.29 is 14.3 Å². The van der Waals surface area contributed by atoms with Gasteiger partial charge in [-0.15, -0.1) is 11.8 Å². The minimum Gasteiger partial charge on any atom is -0.376 e. The molecule has 2 amide bonds. The van der Waals surface area contributed by atoms with E-state index in [4.69, 9.17) is 4.74 Å². The summed E-state index contributed by atoms with van der Waals surface area (Å²) in [6.07, 6.45) is 2.09. The minimum atomic E-state index is -0.202. The number of hydrogen-bond donors (Lipinski definition) is 2. The van der Waals surface area contributed by atoms with Crippen LogP contribution in [-0.2, 0) is 9.53 Å². The Balaban J connectivity index is 1.55. The third-order valence-electron chi connectivity index (χ3n) is 4.07. The van der Waals surface area contributed by atoms with Crippen molar-refractivity contribution in [2.75, 3.05) is 24.2 Å². The Kier molecular flexibility index (Phi) is 6.68. The van der Waals surface area contributed by atoms with Crippen LogP contribution >= 0.6 is 11.8 Å². The van der Waals surface area contributed by atoms with Crippen LogP contribution in [0.3, 0.4) is 0 Å². The van der Waals surface area contributed by atoms with Crippen LogP contribution in [0.2, 0.25) is 0 Å². The van der Waals surface area contributed by atoms with Gasteiger partial charge in [-0.3, -0.25) is 9.59 Å². The fourth-order valence-electron chi connectivity index (χ4n) is 2.75. The zero-order chi connectivity index (χ0) is 18.2. The number of anilines is 1. The number of nitrogens with one attached hydrogen (secondary N) is 2. The quantitative estimate of drug-likeness (QED) is 0.734. The van der Waals surface area contributed by atoms with Gasteiger partial charge in [0.05, 0.1) is 23.1 Å². The standard InChI is InChI=1S/C20H22N2O3S/c23-19(14-26-16-8-2-1-3-9-16)22-18-11-5-4-10-17(18)20(24)21-13-15-7-6-12-25-15/h1-5,8-11,15H,6-7,12-14H2,(H,21,24)(H,22,23)/t15-/m1/s1. The molecule has 0 aliphatic carbocycles. The highest BCUT2D eigenvalue weighted by atomic mass is 32.2. The Morgan fingerprint density at radius 2 is 1.85 bits per heavy atom. The van der Waals surface area contributed by atoms with Gasteiger partial charge in [-0.1, -0.05) is 30.3 Å². The lowest BCUT2D eigenvalue weighted by Crippen LogP contribution is -2.32. The molecule has 26 heavy (non-hydrogen) atoms. The van der Waals surface area contributed by atoms with E-state index in [0.717, 1.165) is 24.3 Å². The summed E-state index contributed by atoms with van der Waals surface area (Å²) >= 11 is 1.46. The van der Waals surface area contributed by atoms with Crippen LogP contribution in [-0.4, -0.2) is 36.8 Å². The van der Waals surface area contributed by atoms with Gasteiger partial charge >= 0.3 is 0 Å². The Bertz CT molecular complexity index is 746. The number of ether oxygens (including phenoxy) is 1. The maximum Gasteiger partial charge on any atom is 0.253 e. The molecule has 0 aromatic heterocycles. The van der Waals surface area contributed by atoms with Crippen molar-refractivity contribution >= 4 is 29.3 Å². The van der Waals surface area contributed by atoms with Crippen LogP contribution in [0.1, 0.15) is 23.2 Å². The summed E-state index contributed by atoms with van der Waals surface area (Å²) in [5, 5.41) is 5.73. The second kappa shape index (κ2) is 9.40. The lowest BCUT2D eigenvalue weighted by Gasteiger charge is -2.13. The molecular weight excluding hydrogens is 348 g/mol. The lowest BCUT2D eigenvalue weighted by molar-refractivity contribution is -0.113. The average molecular weight is 370 g/mol. The van der Waals surface area contributed by atoms with Gasteiger partial charge in [0.2, 0.25) is 5.91 Å². The fraction of sp³-hybridized carbons (Fsp3) is 0.300. The third kappa shape index (κ3) is 5.34. The van der Waals surface area contributed by atoms with Crippen molar-refractivity contribution in [2.24, 2.45) is 0 Å². The van der Waals surface area contributed by atoms with Crippen molar-refractivity contribution in [1.29, 1.82) is 0 Å².